The molecule has 0 amide bonds. The summed E-state index contributed by atoms with van der Waals surface area (Å²) in [6, 6.07) is 6.27. The molecule has 4 nitrogen and oxygen atoms in total. The van der Waals surface area contributed by atoms with Crippen LogP contribution in [0.15, 0.2) is 29.9 Å². The van der Waals surface area contributed by atoms with Crippen molar-refractivity contribution in [1.82, 2.24) is 9.97 Å². The second-order valence-electron chi connectivity index (χ2n) is 4.33. The molecule has 0 aromatic carbocycles. The molecule has 2 heterocycles. The van der Waals surface area contributed by atoms with Gasteiger partial charge in [0, 0.05) is 10.9 Å². The van der Waals surface area contributed by atoms with E-state index in [4.69, 9.17) is 4.74 Å². The molecule has 0 saturated heterocycles. The average molecular weight is 263 g/mol. The summed E-state index contributed by atoms with van der Waals surface area (Å²) in [5.41, 5.74) is 0. The summed E-state index contributed by atoms with van der Waals surface area (Å²) in [6.07, 6.45) is 1.51. The normalized spacial score (nSPS) is 12.4. The van der Waals surface area contributed by atoms with E-state index in [0.29, 0.717) is 11.8 Å². The summed E-state index contributed by atoms with van der Waals surface area (Å²) in [5.74, 6) is 1.83. The van der Waals surface area contributed by atoms with Crippen LogP contribution in [0.5, 0.6) is 5.88 Å². The van der Waals surface area contributed by atoms with Crippen LogP contribution in [0.3, 0.4) is 0 Å². The third-order valence-corrected chi connectivity index (χ3v) is 3.63. The third-order valence-electron chi connectivity index (χ3n) is 2.67. The molecule has 0 saturated carbocycles. The van der Waals surface area contributed by atoms with E-state index in [1.54, 1.807) is 18.4 Å². The highest BCUT2D eigenvalue weighted by molar-refractivity contribution is 7.10. The molecule has 0 bridgehead atoms. The van der Waals surface area contributed by atoms with Gasteiger partial charge in [-0.3, -0.25) is 0 Å². The number of nitrogens with one attached hydrogen (secondary N) is 1. The number of hydrogen-bond donors (Lipinski definition) is 1. The molecule has 2 rings (SSSR count). The Morgan fingerprint density at radius 1 is 1.33 bits per heavy atom. The molecule has 1 unspecified atom stereocenters. The molecule has 0 aliphatic rings. The number of thiophene rings is 1. The lowest BCUT2D eigenvalue weighted by molar-refractivity contribution is 0.397. The van der Waals surface area contributed by atoms with Crippen molar-refractivity contribution in [2.75, 3.05) is 12.4 Å². The van der Waals surface area contributed by atoms with E-state index in [1.807, 2.05) is 6.07 Å². The van der Waals surface area contributed by atoms with Crippen LogP contribution in [-0.2, 0) is 0 Å². The maximum Gasteiger partial charge on any atom is 0.218 e. The maximum atomic E-state index is 5.10. The molecule has 5 heteroatoms. The van der Waals surface area contributed by atoms with Crippen LogP contribution in [0.4, 0.5) is 5.82 Å². The topological polar surface area (TPSA) is 47.0 Å². The second-order valence-corrected chi connectivity index (χ2v) is 5.31. The Morgan fingerprint density at radius 3 is 2.78 bits per heavy atom. The minimum atomic E-state index is 0.254. The molecule has 0 fully saturated rings. The lowest BCUT2D eigenvalue weighted by Gasteiger charge is -2.21. The molecule has 18 heavy (non-hydrogen) atoms. The molecule has 1 atom stereocenters. The van der Waals surface area contributed by atoms with Crippen LogP contribution >= 0.6 is 11.3 Å². The van der Waals surface area contributed by atoms with Gasteiger partial charge in [0.1, 0.15) is 12.1 Å². The van der Waals surface area contributed by atoms with Crippen molar-refractivity contribution in [3.05, 3.63) is 34.8 Å². The summed E-state index contributed by atoms with van der Waals surface area (Å²) in [4.78, 5) is 9.53. The van der Waals surface area contributed by atoms with E-state index in [-0.39, 0.29) is 6.04 Å². The quantitative estimate of drug-likeness (QED) is 0.898. The van der Waals surface area contributed by atoms with Gasteiger partial charge >= 0.3 is 0 Å². The minimum Gasteiger partial charge on any atom is -0.481 e. The van der Waals surface area contributed by atoms with Crippen molar-refractivity contribution < 1.29 is 4.74 Å². The maximum absolute atomic E-state index is 5.10. The van der Waals surface area contributed by atoms with Crippen molar-refractivity contribution >= 4 is 17.2 Å². The molecule has 2 aromatic heterocycles. The Morgan fingerprint density at radius 2 is 2.17 bits per heavy atom. The standard InChI is InChI=1S/C13H17N3OS/c1-9(2)13(10-5-4-6-18-10)16-11-7-12(17-3)15-8-14-11/h4-9,13H,1-3H3,(H,14,15,16). The Bertz CT molecular complexity index is 485. The smallest absolute Gasteiger partial charge is 0.218 e. The van der Waals surface area contributed by atoms with Crippen LogP contribution in [0.1, 0.15) is 24.8 Å². The molecule has 0 aliphatic carbocycles. The highest BCUT2D eigenvalue weighted by Crippen LogP contribution is 2.29. The Hall–Kier alpha value is -1.62. The average Bonchev–Trinajstić information content (AvgIpc) is 2.89. The minimum absolute atomic E-state index is 0.254. The van der Waals surface area contributed by atoms with Crippen LogP contribution in [0.25, 0.3) is 0 Å². The van der Waals surface area contributed by atoms with Crippen molar-refractivity contribution in [3.63, 3.8) is 0 Å². The predicted molar refractivity (Wildman–Crippen MR) is 74.1 cm³/mol. The van der Waals surface area contributed by atoms with Gasteiger partial charge in [-0.05, 0) is 17.4 Å². The molecular weight excluding hydrogens is 246 g/mol. The van der Waals surface area contributed by atoms with Gasteiger partial charge in [-0.2, -0.15) is 0 Å². The predicted octanol–water partition coefficient (Wildman–Crippen LogP) is 3.36. The van der Waals surface area contributed by atoms with E-state index in [1.165, 1.54) is 11.2 Å². The van der Waals surface area contributed by atoms with Gasteiger partial charge in [-0.25, -0.2) is 9.97 Å². The summed E-state index contributed by atoms with van der Waals surface area (Å²) < 4.78 is 5.10. The van der Waals surface area contributed by atoms with Gasteiger partial charge in [0.25, 0.3) is 0 Å². The van der Waals surface area contributed by atoms with Crippen molar-refractivity contribution in [2.45, 2.75) is 19.9 Å². The molecule has 0 radical (unpaired) electrons. The fourth-order valence-corrected chi connectivity index (χ4v) is 2.67. The SMILES string of the molecule is COc1cc(NC(c2cccs2)C(C)C)ncn1. The van der Waals surface area contributed by atoms with Crippen LogP contribution in [-0.4, -0.2) is 17.1 Å². The zero-order chi connectivity index (χ0) is 13.0. The highest BCUT2D eigenvalue weighted by Gasteiger charge is 2.17. The Balaban J connectivity index is 2.18. The first-order chi connectivity index (χ1) is 8.70. The van der Waals surface area contributed by atoms with Crippen molar-refractivity contribution in [2.24, 2.45) is 5.92 Å². The van der Waals surface area contributed by atoms with Gasteiger partial charge in [0.15, 0.2) is 0 Å². The van der Waals surface area contributed by atoms with Crippen LogP contribution < -0.4 is 10.1 Å². The Kier molecular flexibility index (Phi) is 4.15. The van der Waals surface area contributed by atoms with E-state index < -0.39 is 0 Å². The summed E-state index contributed by atoms with van der Waals surface area (Å²) >= 11 is 1.75. The number of ether oxygens (including phenoxy) is 1. The highest BCUT2D eigenvalue weighted by atomic mass is 32.1. The molecule has 0 aliphatic heterocycles. The molecular formula is C13H17N3OS. The largest absolute Gasteiger partial charge is 0.481 e. The van der Waals surface area contributed by atoms with Gasteiger partial charge in [-0.1, -0.05) is 19.9 Å². The number of anilines is 1. The van der Waals surface area contributed by atoms with Crippen LogP contribution in [0.2, 0.25) is 0 Å². The van der Waals surface area contributed by atoms with Crippen molar-refractivity contribution in [1.29, 1.82) is 0 Å². The number of methoxy groups -OCH3 is 1. The number of rotatable bonds is 5. The summed E-state index contributed by atoms with van der Waals surface area (Å²) in [7, 11) is 1.60. The van der Waals surface area contributed by atoms with Gasteiger partial charge in [0.2, 0.25) is 5.88 Å². The van der Waals surface area contributed by atoms with Crippen LogP contribution in [0, 0.1) is 5.92 Å². The monoisotopic (exact) mass is 263 g/mol. The second kappa shape index (κ2) is 5.82. The van der Waals surface area contributed by atoms with Gasteiger partial charge in [0.05, 0.1) is 13.2 Å². The zero-order valence-corrected chi connectivity index (χ0v) is 11.6. The number of nitrogens with zero attached hydrogens (tertiary/aromatic N) is 2. The van der Waals surface area contributed by atoms with E-state index in [9.17, 15) is 0 Å². The number of hydrogen-bond acceptors (Lipinski definition) is 5. The molecule has 1 N–H and O–H groups in total. The molecule has 0 spiro atoms. The molecule has 96 valence electrons. The lowest BCUT2D eigenvalue weighted by Crippen LogP contribution is -2.16. The zero-order valence-electron chi connectivity index (χ0n) is 10.8. The van der Waals surface area contributed by atoms with E-state index >= 15 is 0 Å². The first kappa shape index (κ1) is 12.8. The Labute approximate surface area is 111 Å². The van der Waals surface area contributed by atoms with Gasteiger partial charge < -0.3 is 10.1 Å². The molecule has 2 aromatic rings. The first-order valence-electron chi connectivity index (χ1n) is 5.86. The summed E-state index contributed by atoms with van der Waals surface area (Å²) in [5, 5.41) is 5.53. The van der Waals surface area contributed by atoms with Crippen molar-refractivity contribution in [3.8, 4) is 5.88 Å². The lowest BCUT2D eigenvalue weighted by atomic mass is 10.0. The fourth-order valence-electron chi connectivity index (χ4n) is 1.72. The first-order valence-corrected chi connectivity index (χ1v) is 6.74. The fraction of sp³-hybridized carbons (Fsp3) is 0.385. The van der Waals surface area contributed by atoms with E-state index in [2.05, 4.69) is 46.6 Å². The summed E-state index contributed by atoms with van der Waals surface area (Å²) in [6.45, 7) is 4.38. The van der Waals surface area contributed by atoms with Gasteiger partial charge in [-0.15, -0.1) is 11.3 Å². The third kappa shape index (κ3) is 2.98. The number of aromatic nitrogens is 2. The van der Waals surface area contributed by atoms with E-state index in [0.717, 1.165) is 5.82 Å².